The summed E-state index contributed by atoms with van der Waals surface area (Å²) in [6.07, 6.45) is 2.57. The zero-order valence-corrected chi connectivity index (χ0v) is 20.5. The van der Waals surface area contributed by atoms with Crippen LogP contribution in [0.4, 0.5) is 16.0 Å². The molecule has 0 saturated heterocycles. The van der Waals surface area contributed by atoms with Crippen LogP contribution >= 0.6 is 0 Å². The lowest BCUT2D eigenvalue weighted by molar-refractivity contribution is 0.343. The number of nitrogens with one attached hydrogen (secondary N) is 2. The number of rotatable bonds is 6. The Labute approximate surface area is 203 Å². The van der Waals surface area contributed by atoms with E-state index in [1.54, 1.807) is 41.5 Å². The summed E-state index contributed by atoms with van der Waals surface area (Å²) < 4.78 is 17.0. The van der Waals surface area contributed by atoms with Crippen LogP contribution in [0.5, 0.6) is 0 Å². The highest BCUT2D eigenvalue weighted by molar-refractivity contribution is 5.77. The van der Waals surface area contributed by atoms with Gasteiger partial charge in [0.2, 0.25) is 5.95 Å². The average molecular weight is 476 g/mol. The molecule has 3 aromatic heterocycles. The molecule has 35 heavy (non-hydrogen) atoms. The summed E-state index contributed by atoms with van der Waals surface area (Å²) in [5.41, 5.74) is 3.59. The standard InChI is InChI=1S/C26H30FN7O/c1-16(2)33-24(35)20-14-29-25(30-19-9-8-17-10-11-28-13-18(17)12-19)32-23(20)34(33)22-7-5-6-21(31-22)26(3,4)15-27/h5-9,12,14,16,28H,10-11,13,15H2,1-4H3,(H,29,30,32). The highest BCUT2D eigenvalue weighted by Crippen LogP contribution is 2.26. The second-order valence-electron chi connectivity index (χ2n) is 9.92. The van der Waals surface area contributed by atoms with Crippen LogP contribution in [0.2, 0.25) is 0 Å². The van der Waals surface area contributed by atoms with Gasteiger partial charge in [-0.2, -0.15) is 4.98 Å². The van der Waals surface area contributed by atoms with Gasteiger partial charge >= 0.3 is 0 Å². The van der Waals surface area contributed by atoms with Gasteiger partial charge in [0.25, 0.3) is 5.56 Å². The fourth-order valence-corrected chi connectivity index (χ4v) is 4.42. The molecule has 0 saturated carbocycles. The number of hydrogen-bond donors (Lipinski definition) is 2. The molecule has 0 amide bonds. The maximum Gasteiger partial charge on any atom is 0.278 e. The lowest BCUT2D eigenvalue weighted by Crippen LogP contribution is -2.26. The molecular formula is C26H30FN7O. The third-order valence-corrected chi connectivity index (χ3v) is 6.44. The van der Waals surface area contributed by atoms with Gasteiger partial charge in [-0.25, -0.2) is 19.3 Å². The summed E-state index contributed by atoms with van der Waals surface area (Å²) in [5.74, 6) is 0.894. The molecule has 0 radical (unpaired) electrons. The van der Waals surface area contributed by atoms with Crippen molar-refractivity contribution in [3.05, 3.63) is 69.8 Å². The Bertz CT molecular complexity index is 1450. The van der Waals surface area contributed by atoms with Gasteiger partial charge in [-0.15, -0.1) is 0 Å². The molecule has 1 aliphatic rings. The van der Waals surface area contributed by atoms with Crippen LogP contribution in [-0.2, 0) is 18.4 Å². The second kappa shape index (κ2) is 8.88. The van der Waals surface area contributed by atoms with Gasteiger partial charge in [-0.1, -0.05) is 26.0 Å². The van der Waals surface area contributed by atoms with Gasteiger partial charge in [-0.05, 0) is 62.2 Å². The highest BCUT2D eigenvalue weighted by Gasteiger charge is 2.25. The van der Waals surface area contributed by atoms with Crippen LogP contribution in [0.3, 0.4) is 0 Å². The fraction of sp³-hybridized carbons (Fsp3) is 0.385. The number of fused-ring (bicyclic) bond motifs is 2. The predicted octanol–water partition coefficient (Wildman–Crippen LogP) is 4.19. The summed E-state index contributed by atoms with van der Waals surface area (Å²) >= 11 is 0. The molecule has 0 bridgehead atoms. The summed E-state index contributed by atoms with van der Waals surface area (Å²) in [5, 5.41) is 7.07. The van der Waals surface area contributed by atoms with Crippen molar-refractivity contribution in [2.75, 3.05) is 18.5 Å². The molecule has 0 spiro atoms. The van der Waals surface area contributed by atoms with Crippen LogP contribution in [-0.4, -0.2) is 37.5 Å². The Balaban J connectivity index is 1.62. The third kappa shape index (κ3) is 4.20. The molecule has 4 aromatic rings. The molecule has 8 nitrogen and oxygen atoms in total. The van der Waals surface area contributed by atoms with Crippen LogP contribution in [0.25, 0.3) is 16.9 Å². The molecule has 4 heterocycles. The summed E-state index contributed by atoms with van der Waals surface area (Å²) in [4.78, 5) is 27.2. The number of nitrogens with zero attached hydrogens (tertiary/aromatic N) is 5. The second-order valence-corrected chi connectivity index (χ2v) is 9.92. The molecule has 2 N–H and O–H groups in total. The Morgan fingerprint density at radius 1 is 1.17 bits per heavy atom. The number of hydrogen-bond acceptors (Lipinski definition) is 6. The van der Waals surface area contributed by atoms with Crippen molar-refractivity contribution in [3.63, 3.8) is 0 Å². The van der Waals surface area contributed by atoms with E-state index in [0.717, 1.165) is 25.2 Å². The lowest BCUT2D eigenvalue weighted by atomic mass is 9.90. The van der Waals surface area contributed by atoms with Crippen LogP contribution in [0, 0.1) is 0 Å². The maximum absolute atomic E-state index is 13.7. The average Bonchev–Trinajstić information content (AvgIpc) is 3.16. The van der Waals surface area contributed by atoms with E-state index in [2.05, 4.69) is 27.8 Å². The van der Waals surface area contributed by atoms with Gasteiger partial charge < -0.3 is 10.6 Å². The van der Waals surface area contributed by atoms with Crippen molar-refractivity contribution in [2.45, 2.75) is 52.1 Å². The minimum Gasteiger partial charge on any atom is -0.324 e. The molecule has 1 aromatic carbocycles. The molecule has 0 unspecified atom stereocenters. The van der Waals surface area contributed by atoms with Crippen LogP contribution in [0.15, 0.2) is 47.4 Å². The number of aromatic nitrogens is 5. The van der Waals surface area contributed by atoms with Crippen LogP contribution < -0.4 is 16.2 Å². The minimum atomic E-state index is -0.745. The molecule has 0 aliphatic carbocycles. The minimum absolute atomic E-state index is 0.152. The van der Waals surface area contributed by atoms with E-state index in [9.17, 15) is 9.18 Å². The van der Waals surface area contributed by atoms with Crippen molar-refractivity contribution in [3.8, 4) is 5.82 Å². The summed E-state index contributed by atoms with van der Waals surface area (Å²) in [6.45, 7) is 8.75. The van der Waals surface area contributed by atoms with E-state index >= 15 is 0 Å². The molecule has 9 heteroatoms. The molecule has 5 rings (SSSR count). The smallest absolute Gasteiger partial charge is 0.278 e. The van der Waals surface area contributed by atoms with Gasteiger partial charge in [-0.3, -0.25) is 9.18 Å². The number of halogens is 1. The van der Waals surface area contributed by atoms with Crippen molar-refractivity contribution < 1.29 is 4.39 Å². The number of benzene rings is 1. The Kier molecular flexibility index (Phi) is 5.88. The van der Waals surface area contributed by atoms with Gasteiger partial charge in [0.1, 0.15) is 12.1 Å². The van der Waals surface area contributed by atoms with Crippen molar-refractivity contribution >= 4 is 22.7 Å². The van der Waals surface area contributed by atoms with Crippen molar-refractivity contribution in [2.24, 2.45) is 0 Å². The Morgan fingerprint density at radius 2 is 2.00 bits per heavy atom. The number of alkyl halides is 1. The Morgan fingerprint density at radius 3 is 2.77 bits per heavy atom. The predicted molar refractivity (Wildman–Crippen MR) is 135 cm³/mol. The van der Waals surface area contributed by atoms with E-state index in [1.807, 2.05) is 26.0 Å². The Hall–Kier alpha value is -3.59. The van der Waals surface area contributed by atoms with E-state index in [0.29, 0.717) is 28.5 Å². The monoisotopic (exact) mass is 475 g/mol. The van der Waals surface area contributed by atoms with Crippen LogP contribution in [0.1, 0.15) is 50.6 Å². The third-order valence-electron chi connectivity index (χ3n) is 6.44. The first-order valence-corrected chi connectivity index (χ1v) is 11.9. The lowest BCUT2D eigenvalue weighted by Gasteiger charge is -2.21. The van der Waals surface area contributed by atoms with E-state index in [4.69, 9.17) is 9.97 Å². The van der Waals surface area contributed by atoms with Gasteiger partial charge in [0, 0.05) is 29.9 Å². The number of pyridine rings is 1. The first kappa shape index (κ1) is 23.2. The van der Waals surface area contributed by atoms with Crippen molar-refractivity contribution in [1.82, 2.24) is 29.6 Å². The van der Waals surface area contributed by atoms with Gasteiger partial charge in [0.05, 0.1) is 5.69 Å². The normalized spacial score (nSPS) is 13.9. The first-order valence-electron chi connectivity index (χ1n) is 11.9. The van der Waals surface area contributed by atoms with Crippen molar-refractivity contribution in [1.29, 1.82) is 0 Å². The molecule has 182 valence electrons. The SMILES string of the molecule is CC(C)n1c(=O)c2cnc(Nc3ccc4c(c3)CNCC4)nc2n1-c1cccc(C(C)(C)CF)n1. The molecule has 0 atom stereocenters. The maximum atomic E-state index is 13.7. The van der Waals surface area contributed by atoms with Gasteiger partial charge in [0.15, 0.2) is 11.5 Å². The topological polar surface area (TPSA) is 89.7 Å². The molecule has 1 aliphatic heterocycles. The zero-order chi connectivity index (χ0) is 24.7. The largest absolute Gasteiger partial charge is 0.324 e. The fourth-order valence-electron chi connectivity index (χ4n) is 4.42. The highest BCUT2D eigenvalue weighted by atomic mass is 19.1. The number of anilines is 2. The first-order chi connectivity index (χ1) is 16.8. The molecular weight excluding hydrogens is 445 g/mol. The summed E-state index contributed by atoms with van der Waals surface area (Å²) in [6, 6.07) is 11.5. The van der Waals surface area contributed by atoms with E-state index in [-0.39, 0.29) is 11.6 Å². The quantitative estimate of drug-likeness (QED) is 0.435. The van der Waals surface area contributed by atoms with E-state index < -0.39 is 12.1 Å². The zero-order valence-electron chi connectivity index (χ0n) is 20.5. The summed E-state index contributed by atoms with van der Waals surface area (Å²) in [7, 11) is 0. The van der Waals surface area contributed by atoms with E-state index in [1.165, 1.54) is 11.1 Å². The molecule has 0 fully saturated rings.